The molecule has 8 nitrogen and oxygen atoms in total. The lowest BCUT2D eigenvalue weighted by atomic mass is 9.91. The van der Waals surface area contributed by atoms with E-state index in [0.717, 1.165) is 24.1 Å². The number of carboxylic acid groups (broad SMARTS) is 1. The number of H-pyrrole nitrogens is 1. The lowest BCUT2D eigenvalue weighted by Crippen LogP contribution is -2.11. The molecule has 0 bridgehead atoms. The van der Waals surface area contributed by atoms with Crippen molar-refractivity contribution in [2.75, 3.05) is 5.32 Å². The van der Waals surface area contributed by atoms with Crippen molar-refractivity contribution in [1.82, 2.24) is 9.97 Å². The molecular formula is C26H22N4O4. The highest BCUT2D eigenvalue weighted by atomic mass is 16.4. The number of aromatic amines is 1. The molecule has 2 aliphatic rings. The Bertz CT molecular complexity index is 1370. The molecule has 0 saturated heterocycles. The van der Waals surface area contributed by atoms with E-state index >= 15 is 0 Å². The summed E-state index contributed by atoms with van der Waals surface area (Å²) in [6, 6.07) is 9.16. The van der Waals surface area contributed by atoms with Gasteiger partial charge in [-0.2, -0.15) is 0 Å². The van der Waals surface area contributed by atoms with Crippen molar-refractivity contribution >= 4 is 46.9 Å². The molecule has 1 amide bonds. The van der Waals surface area contributed by atoms with E-state index in [-0.39, 0.29) is 24.5 Å². The summed E-state index contributed by atoms with van der Waals surface area (Å²) in [6.07, 6.45) is 8.88. The van der Waals surface area contributed by atoms with Gasteiger partial charge >= 0.3 is 5.97 Å². The van der Waals surface area contributed by atoms with Gasteiger partial charge < -0.3 is 15.4 Å². The molecule has 0 atom stereocenters. The summed E-state index contributed by atoms with van der Waals surface area (Å²) in [4.78, 5) is 48.4. The van der Waals surface area contributed by atoms with E-state index < -0.39 is 5.97 Å². The molecule has 0 radical (unpaired) electrons. The van der Waals surface area contributed by atoms with E-state index in [1.807, 2.05) is 30.3 Å². The Hall–Kier alpha value is -4.33. The Morgan fingerprint density at radius 3 is 2.76 bits per heavy atom. The molecule has 1 aliphatic carbocycles. The van der Waals surface area contributed by atoms with Gasteiger partial charge in [0.1, 0.15) is 0 Å². The number of carboxylic acids is 1. The first-order valence-corrected chi connectivity index (χ1v) is 11.1. The third-order valence-corrected chi connectivity index (χ3v) is 6.06. The van der Waals surface area contributed by atoms with E-state index in [1.165, 1.54) is 0 Å². The molecule has 8 heteroatoms. The Morgan fingerprint density at radius 1 is 1.15 bits per heavy atom. The number of carbonyl (C=O) groups excluding carboxylic acids is 2. The van der Waals surface area contributed by atoms with Gasteiger partial charge in [-0.05, 0) is 66.8 Å². The molecule has 170 valence electrons. The van der Waals surface area contributed by atoms with Gasteiger partial charge in [0, 0.05) is 59.7 Å². The quantitative estimate of drug-likeness (QED) is 0.381. The van der Waals surface area contributed by atoms with Crippen molar-refractivity contribution in [3.05, 3.63) is 76.4 Å². The van der Waals surface area contributed by atoms with Crippen molar-refractivity contribution in [1.29, 1.82) is 0 Å². The van der Waals surface area contributed by atoms with E-state index in [2.05, 4.69) is 20.3 Å². The molecular weight excluding hydrogens is 432 g/mol. The van der Waals surface area contributed by atoms with Crippen LogP contribution in [0.2, 0.25) is 0 Å². The average Bonchev–Trinajstić information content (AvgIpc) is 3.34. The van der Waals surface area contributed by atoms with E-state index in [9.17, 15) is 19.5 Å². The van der Waals surface area contributed by atoms with Crippen LogP contribution in [0.5, 0.6) is 0 Å². The number of aryl methyl sites for hydroxylation is 1. The van der Waals surface area contributed by atoms with Gasteiger partial charge in [-0.1, -0.05) is 0 Å². The summed E-state index contributed by atoms with van der Waals surface area (Å²) < 4.78 is 0. The van der Waals surface area contributed by atoms with Crippen molar-refractivity contribution in [2.24, 2.45) is 4.99 Å². The number of amides is 1. The average molecular weight is 454 g/mol. The molecule has 5 rings (SSSR count). The second-order valence-corrected chi connectivity index (χ2v) is 8.32. The number of pyridine rings is 1. The molecule has 0 spiro atoms. The zero-order valence-electron chi connectivity index (χ0n) is 18.3. The fraction of sp³-hybridized carbons (Fsp3) is 0.192. The van der Waals surface area contributed by atoms with Gasteiger partial charge in [-0.25, -0.2) is 0 Å². The molecule has 1 aliphatic heterocycles. The van der Waals surface area contributed by atoms with Gasteiger partial charge in [0.15, 0.2) is 5.78 Å². The first-order chi connectivity index (χ1) is 16.5. The van der Waals surface area contributed by atoms with Crippen LogP contribution in [0.1, 0.15) is 57.7 Å². The van der Waals surface area contributed by atoms with E-state index in [4.69, 9.17) is 0 Å². The number of ketones is 1. The van der Waals surface area contributed by atoms with Crippen LogP contribution in [0.3, 0.4) is 0 Å². The minimum Gasteiger partial charge on any atom is -0.481 e. The number of nitrogens with one attached hydrogen (secondary N) is 2. The number of aliphatic carboxylic acids is 1. The molecule has 34 heavy (non-hydrogen) atoms. The lowest BCUT2D eigenvalue weighted by molar-refractivity contribution is -0.137. The summed E-state index contributed by atoms with van der Waals surface area (Å²) in [5, 5.41) is 12.1. The second kappa shape index (κ2) is 8.90. The van der Waals surface area contributed by atoms with Gasteiger partial charge in [0.05, 0.1) is 11.3 Å². The van der Waals surface area contributed by atoms with Crippen molar-refractivity contribution < 1.29 is 19.5 Å². The van der Waals surface area contributed by atoms with Gasteiger partial charge in [-0.3, -0.25) is 24.4 Å². The third kappa shape index (κ3) is 4.17. The number of rotatable bonds is 6. The second-order valence-electron chi connectivity index (χ2n) is 8.32. The smallest absolute Gasteiger partial charge is 0.303 e. The third-order valence-electron chi connectivity index (χ3n) is 6.06. The predicted molar refractivity (Wildman–Crippen MR) is 128 cm³/mol. The maximum Gasteiger partial charge on any atom is 0.303 e. The monoisotopic (exact) mass is 454 g/mol. The van der Waals surface area contributed by atoms with Crippen LogP contribution in [0.25, 0.3) is 11.6 Å². The van der Waals surface area contributed by atoms with Crippen LogP contribution in [-0.4, -0.2) is 38.9 Å². The molecule has 3 N–H and O–H groups in total. The van der Waals surface area contributed by atoms with E-state index in [1.54, 1.807) is 24.7 Å². The summed E-state index contributed by atoms with van der Waals surface area (Å²) >= 11 is 0. The van der Waals surface area contributed by atoms with Crippen LogP contribution in [0.15, 0.2) is 47.7 Å². The maximum absolute atomic E-state index is 12.8. The lowest BCUT2D eigenvalue weighted by Gasteiger charge is -2.11. The maximum atomic E-state index is 12.8. The number of hydrogen-bond acceptors (Lipinski definition) is 5. The number of fused-ring (bicyclic) bond motifs is 2. The Morgan fingerprint density at radius 2 is 1.97 bits per heavy atom. The van der Waals surface area contributed by atoms with Gasteiger partial charge in [-0.15, -0.1) is 0 Å². The number of anilines is 1. The molecule has 1 aromatic carbocycles. The summed E-state index contributed by atoms with van der Waals surface area (Å²) in [5.41, 5.74) is 6.12. The van der Waals surface area contributed by atoms with Crippen molar-refractivity contribution in [3.8, 4) is 0 Å². The van der Waals surface area contributed by atoms with Gasteiger partial charge in [0.2, 0.25) is 0 Å². The van der Waals surface area contributed by atoms with Crippen LogP contribution in [0, 0.1) is 0 Å². The number of benzene rings is 1. The molecule has 0 fully saturated rings. The minimum absolute atomic E-state index is 0.0200. The first kappa shape index (κ1) is 21.5. The first-order valence-electron chi connectivity index (χ1n) is 11.1. The molecule has 0 unspecified atom stereocenters. The zero-order valence-corrected chi connectivity index (χ0v) is 18.3. The zero-order chi connectivity index (χ0) is 23.7. The normalized spacial score (nSPS) is 16.1. The van der Waals surface area contributed by atoms with Crippen LogP contribution in [0.4, 0.5) is 11.4 Å². The standard InChI is InChI=1S/C26H22N4O4/c31-23-3-1-2-21-25(23)17(5-7-24(32)33)22(29-21)13-19-18-12-16(4-6-20(18)30-26(19)34)28-14-15-8-10-27-11-9-15/h4,6,8-14,29H,1-3,5,7H2,(H,30,34)(H,32,33)/b19-13-,28-14?. The Kier molecular flexibility index (Phi) is 5.63. The number of Topliss-reactive ketones (excluding diaryl/α,β-unsaturated/α-hetero) is 1. The summed E-state index contributed by atoms with van der Waals surface area (Å²) in [7, 11) is 0. The van der Waals surface area contributed by atoms with Crippen LogP contribution >= 0.6 is 0 Å². The van der Waals surface area contributed by atoms with Crippen molar-refractivity contribution in [2.45, 2.75) is 32.1 Å². The molecule has 0 saturated carbocycles. The highest BCUT2D eigenvalue weighted by Gasteiger charge is 2.28. The fourth-order valence-corrected chi connectivity index (χ4v) is 4.45. The van der Waals surface area contributed by atoms with Crippen LogP contribution in [-0.2, 0) is 22.4 Å². The van der Waals surface area contributed by atoms with Crippen molar-refractivity contribution in [3.63, 3.8) is 0 Å². The highest BCUT2D eigenvalue weighted by molar-refractivity contribution is 6.35. The number of carbonyl (C=O) groups is 3. The largest absolute Gasteiger partial charge is 0.481 e. The Balaban J connectivity index is 1.54. The molecule has 3 aromatic rings. The molecule has 2 aromatic heterocycles. The minimum atomic E-state index is -0.933. The van der Waals surface area contributed by atoms with Crippen LogP contribution < -0.4 is 5.32 Å². The molecule has 3 heterocycles. The van der Waals surface area contributed by atoms with Gasteiger partial charge in [0.25, 0.3) is 5.91 Å². The SMILES string of the molecule is O=C(O)CCc1c(/C=C2\C(=O)Nc3ccc(N=Cc4ccncc4)cc32)[nH]c2c1C(=O)CCC2. The number of aromatic nitrogens is 2. The highest BCUT2D eigenvalue weighted by Crippen LogP contribution is 2.37. The van der Waals surface area contributed by atoms with E-state index in [0.29, 0.717) is 45.8 Å². The number of nitrogens with zero attached hydrogens (tertiary/aromatic N) is 2. The summed E-state index contributed by atoms with van der Waals surface area (Å²) in [5.74, 6) is -1.17. The number of aliphatic imine (C=N–C) groups is 1. The predicted octanol–water partition coefficient (Wildman–Crippen LogP) is 4.19. The fourth-order valence-electron chi connectivity index (χ4n) is 4.45. The topological polar surface area (TPSA) is 125 Å². The number of hydrogen-bond donors (Lipinski definition) is 3. The summed E-state index contributed by atoms with van der Waals surface area (Å²) in [6.45, 7) is 0. The Labute approximate surface area is 195 Å².